The second-order valence-electron chi connectivity index (χ2n) is 9.81. The summed E-state index contributed by atoms with van der Waals surface area (Å²) in [6.07, 6.45) is -0.328. The van der Waals surface area contributed by atoms with Crippen LogP contribution in [0.15, 0.2) is 42.6 Å². The number of alkyl halides is 3. The number of aryl methyl sites for hydroxylation is 1. The van der Waals surface area contributed by atoms with Gasteiger partial charge in [-0.15, -0.1) is 0 Å². The van der Waals surface area contributed by atoms with Crippen molar-refractivity contribution in [3.8, 4) is 17.2 Å². The van der Waals surface area contributed by atoms with Crippen LogP contribution in [0.2, 0.25) is 0 Å². The Morgan fingerprint density at radius 2 is 1.85 bits per heavy atom. The molecule has 3 amide bonds. The largest absolute Gasteiger partial charge is 0.493 e. The Morgan fingerprint density at radius 3 is 2.64 bits per heavy atom. The number of imide groups is 1. The Bertz CT molecular complexity index is 1430. The average Bonchev–Trinajstić information content (AvgIpc) is 3.45. The fraction of sp³-hybridized carbons (Fsp3) is 0.393. The third kappa shape index (κ3) is 5.05. The molecule has 1 atom stereocenters. The van der Waals surface area contributed by atoms with E-state index in [0.29, 0.717) is 53.2 Å². The van der Waals surface area contributed by atoms with Gasteiger partial charge in [0, 0.05) is 23.7 Å². The minimum atomic E-state index is -4.51. The van der Waals surface area contributed by atoms with E-state index in [4.69, 9.17) is 14.2 Å². The number of halogens is 3. The molecule has 206 valence electrons. The lowest BCUT2D eigenvalue weighted by atomic mass is 9.91. The Kier molecular flexibility index (Phi) is 7.00. The molecule has 1 saturated heterocycles. The van der Waals surface area contributed by atoms with E-state index in [1.807, 2.05) is 0 Å². The molecule has 0 spiro atoms. The number of carbonyl (C=O) groups is 2. The predicted octanol–water partition coefficient (Wildman–Crippen LogP) is 5.70. The lowest BCUT2D eigenvalue weighted by Crippen LogP contribution is -2.41. The van der Waals surface area contributed by atoms with Crippen molar-refractivity contribution < 1.29 is 37.0 Å². The summed E-state index contributed by atoms with van der Waals surface area (Å²) in [7, 11) is 0. The van der Waals surface area contributed by atoms with E-state index in [0.717, 1.165) is 18.9 Å². The van der Waals surface area contributed by atoms with E-state index in [-0.39, 0.29) is 24.8 Å². The minimum absolute atomic E-state index is 0.116. The standard InChI is InChI=1S/C28H28F3N3O5/c1-17-15-32-23-19(8-7-9-20(23)28(29,30)31)24(17)37-13-6-4-3-5-12-34-25(35)27(2,33-26(34)36)18-10-11-21-22(14-18)39-16-38-21/h7-11,14-15H,3-6,12-13,16H2,1-2H3,(H,33,36). The quantitative estimate of drug-likeness (QED) is 0.275. The zero-order valence-electron chi connectivity index (χ0n) is 21.6. The van der Waals surface area contributed by atoms with Crippen LogP contribution < -0.4 is 19.5 Å². The van der Waals surface area contributed by atoms with Crippen molar-refractivity contribution in [2.24, 2.45) is 0 Å². The summed E-state index contributed by atoms with van der Waals surface area (Å²) < 4.78 is 56.7. The molecule has 1 aromatic heterocycles. The van der Waals surface area contributed by atoms with Crippen molar-refractivity contribution in [3.05, 3.63) is 59.3 Å². The molecule has 5 rings (SSSR count). The van der Waals surface area contributed by atoms with Crippen molar-refractivity contribution in [2.45, 2.75) is 51.2 Å². The monoisotopic (exact) mass is 543 g/mol. The molecule has 11 heteroatoms. The van der Waals surface area contributed by atoms with E-state index in [1.165, 1.54) is 17.2 Å². The Balaban J connectivity index is 1.12. The Hall–Kier alpha value is -4.02. The maximum Gasteiger partial charge on any atom is 0.418 e. The van der Waals surface area contributed by atoms with E-state index < -0.39 is 23.3 Å². The molecule has 39 heavy (non-hydrogen) atoms. The molecule has 0 saturated carbocycles. The third-order valence-electron chi connectivity index (χ3n) is 7.08. The third-order valence-corrected chi connectivity index (χ3v) is 7.08. The van der Waals surface area contributed by atoms with Gasteiger partial charge in [0.2, 0.25) is 6.79 Å². The number of fused-ring (bicyclic) bond motifs is 2. The number of urea groups is 1. The molecular weight excluding hydrogens is 515 g/mol. The molecule has 2 aliphatic rings. The summed E-state index contributed by atoms with van der Waals surface area (Å²) in [5.74, 6) is 1.20. The number of ether oxygens (including phenoxy) is 3. The smallest absolute Gasteiger partial charge is 0.418 e. The summed E-state index contributed by atoms with van der Waals surface area (Å²) in [4.78, 5) is 31.0. The predicted molar refractivity (Wildman–Crippen MR) is 136 cm³/mol. The summed E-state index contributed by atoms with van der Waals surface area (Å²) in [6.45, 7) is 4.13. The number of nitrogens with zero attached hydrogens (tertiary/aromatic N) is 2. The van der Waals surface area contributed by atoms with Crippen LogP contribution in [0.3, 0.4) is 0 Å². The van der Waals surface area contributed by atoms with Gasteiger partial charge < -0.3 is 19.5 Å². The van der Waals surface area contributed by atoms with E-state index in [9.17, 15) is 22.8 Å². The van der Waals surface area contributed by atoms with Crippen LogP contribution in [-0.2, 0) is 16.5 Å². The van der Waals surface area contributed by atoms with Crippen LogP contribution in [-0.4, -0.2) is 41.8 Å². The van der Waals surface area contributed by atoms with E-state index in [2.05, 4.69) is 10.3 Å². The number of nitrogens with one attached hydrogen (secondary N) is 1. The number of pyridine rings is 1. The second-order valence-corrected chi connectivity index (χ2v) is 9.81. The highest BCUT2D eigenvalue weighted by Gasteiger charge is 2.49. The van der Waals surface area contributed by atoms with Crippen LogP contribution in [0.5, 0.6) is 17.2 Å². The molecule has 1 fully saturated rings. The number of unbranched alkanes of at least 4 members (excludes halogenated alkanes) is 3. The number of para-hydroxylation sites is 1. The zero-order chi connectivity index (χ0) is 27.8. The second kappa shape index (κ2) is 10.3. The number of hydrogen-bond acceptors (Lipinski definition) is 6. The first-order chi connectivity index (χ1) is 18.6. The highest BCUT2D eigenvalue weighted by atomic mass is 19.4. The van der Waals surface area contributed by atoms with E-state index in [1.54, 1.807) is 38.1 Å². The van der Waals surface area contributed by atoms with Gasteiger partial charge in [0.05, 0.1) is 17.7 Å². The van der Waals surface area contributed by atoms with Crippen LogP contribution in [0, 0.1) is 6.92 Å². The van der Waals surface area contributed by atoms with Crippen molar-refractivity contribution in [3.63, 3.8) is 0 Å². The van der Waals surface area contributed by atoms with Gasteiger partial charge in [-0.1, -0.05) is 25.0 Å². The molecule has 8 nitrogen and oxygen atoms in total. The fourth-order valence-electron chi connectivity index (χ4n) is 4.92. The average molecular weight is 544 g/mol. The molecule has 0 aliphatic carbocycles. The lowest BCUT2D eigenvalue weighted by Gasteiger charge is -2.22. The molecular formula is C28H28F3N3O5. The molecule has 1 unspecified atom stereocenters. The molecule has 2 aromatic carbocycles. The van der Waals surface area contributed by atoms with Crippen LogP contribution in [0.4, 0.5) is 18.0 Å². The first-order valence-electron chi connectivity index (χ1n) is 12.7. The first kappa shape index (κ1) is 26.6. The zero-order valence-corrected chi connectivity index (χ0v) is 21.6. The number of hydrogen-bond donors (Lipinski definition) is 1. The van der Waals surface area contributed by atoms with Crippen molar-refractivity contribution in [1.82, 2.24) is 15.2 Å². The van der Waals surface area contributed by atoms with Gasteiger partial charge in [-0.25, -0.2) is 4.79 Å². The van der Waals surface area contributed by atoms with Crippen molar-refractivity contribution in [2.75, 3.05) is 19.9 Å². The summed E-state index contributed by atoms with van der Waals surface area (Å²) in [6, 6.07) is 8.67. The number of carbonyl (C=O) groups excluding carboxylic acids is 2. The molecule has 0 bridgehead atoms. The summed E-state index contributed by atoms with van der Waals surface area (Å²) in [5, 5.41) is 3.12. The van der Waals surface area contributed by atoms with Gasteiger partial charge in [0.25, 0.3) is 5.91 Å². The van der Waals surface area contributed by atoms with Gasteiger partial charge >= 0.3 is 12.2 Å². The molecule has 2 aliphatic heterocycles. The maximum absolute atomic E-state index is 13.4. The van der Waals surface area contributed by atoms with Crippen LogP contribution in [0.1, 0.15) is 49.3 Å². The van der Waals surface area contributed by atoms with Crippen LogP contribution >= 0.6 is 0 Å². The highest BCUT2D eigenvalue weighted by molar-refractivity contribution is 6.07. The number of aromatic nitrogens is 1. The molecule has 0 radical (unpaired) electrons. The first-order valence-corrected chi connectivity index (χ1v) is 12.7. The number of rotatable bonds is 9. The Labute approximate surface area is 223 Å². The minimum Gasteiger partial charge on any atom is -0.493 e. The van der Waals surface area contributed by atoms with Gasteiger partial charge in [0.1, 0.15) is 11.3 Å². The normalized spacial score (nSPS) is 18.6. The van der Waals surface area contributed by atoms with Gasteiger partial charge in [-0.05, 0) is 56.5 Å². The van der Waals surface area contributed by atoms with Crippen molar-refractivity contribution >= 4 is 22.8 Å². The lowest BCUT2D eigenvalue weighted by molar-refractivity contribution is -0.136. The molecule has 3 aromatic rings. The summed E-state index contributed by atoms with van der Waals surface area (Å²) >= 11 is 0. The number of benzene rings is 2. The molecule has 3 heterocycles. The van der Waals surface area contributed by atoms with Crippen molar-refractivity contribution in [1.29, 1.82) is 0 Å². The maximum atomic E-state index is 13.4. The summed E-state index contributed by atoms with van der Waals surface area (Å²) in [5.41, 5.74) is -0.841. The van der Waals surface area contributed by atoms with Gasteiger partial charge in [-0.2, -0.15) is 13.2 Å². The van der Waals surface area contributed by atoms with E-state index >= 15 is 0 Å². The Morgan fingerprint density at radius 1 is 1.08 bits per heavy atom. The SMILES string of the molecule is Cc1cnc2c(C(F)(F)F)cccc2c1OCCCCCCN1C(=O)NC(C)(c2ccc3c(c2)OCO3)C1=O. The fourth-order valence-corrected chi connectivity index (χ4v) is 4.92. The molecule has 1 N–H and O–H groups in total. The van der Waals surface area contributed by atoms with Gasteiger partial charge in [-0.3, -0.25) is 14.7 Å². The van der Waals surface area contributed by atoms with Gasteiger partial charge in [0.15, 0.2) is 11.5 Å². The highest BCUT2D eigenvalue weighted by Crippen LogP contribution is 2.39. The number of amides is 3. The van der Waals surface area contributed by atoms with Crippen LogP contribution in [0.25, 0.3) is 10.9 Å². The topological polar surface area (TPSA) is 90.0 Å².